The van der Waals surface area contributed by atoms with Gasteiger partial charge in [0.1, 0.15) is 5.82 Å². The van der Waals surface area contributed by atoms with Crippen molar-refractivity contribution in [3.05, 3.63) is 35.7 Å². The van der Waals surface area contributed by atoms with Gasteiger partial charge in [0.15, 0.2) is 5.82 Å². The van der Waals surface area contributed by atoms with Gasteiger partial charge < -0.3 is 10.3 Å². The van der Waals surface area contributed by atoms with E-state index in [0.29, 0.717) is 6.54 Å². The van der Waals surface area contributed by atoms with Gasteiger partial charge >= 0.3 is 0 Å². The monoisotopic (exact) mass is 244 g/mol. The van der Waals surface area contributed by atoms with Gasteiger partial charge in [0.05, 0.1) is 6.54 Å². The van der Waals surface area contributed by atoms with Gasteiger partial charge in [-0.05, 0) is 33.3 Å². The average molecular weight is 244 g/mol. The molecule has 0 amide bonds. The van der Waals surface area contributed by atoms with Crippen molar-refractivity contribution in [3.63, 3.8) is 0 Å². The van der Waals surface area contributed by atoms with Gasteiger partial charge in [-0.15, -0.1) is 10.2 Å². The maximum absolute atomic E-state index is 5.75. The smallest absolute Gasteiger partial charge is 0.164 e. The summed E-state index contributed by atoms with van der Waals surface area (Å²) in [4.78, 5) is 0. The molecule has 1 heterocycles. The number of nitrogens with zero attached hydrogens (tertiary/aromatic N) is 3. The number of nitrogens with two attached hydrogens (primary N) is 1. The summed E-state index contributed by atoms with van der Waals surface area (Å²) in [7, 11) is 0. The van der Waals surface area contributed by atoms with Crippen LogP contribution in [0.4, 0.5) is 0 Å². The van der Waals surface area contributed by atoms with Crippen LogP contribution in [0.15, 0.2) is 24.3 Å². The lowest BCUT2D eigenvalue weighted by Gasteiger charge is -2.25. The molecular formula is C14H20N4. The number of aromatic nitrogens is 3. The number of hydrogen-bond donors (Lipinski definition) is 1. The van der Waals surface area contributed by atoms with Gasteiger partial charge in [0, 0.05) is 11.1 Å². The van der Waals surface area contributed by atoms with Crippen molar-refractivity contribution in [2.24, 2.45) is 5.73 Å². The van der Waals surface area contributed by atoms with Crippen LogP contribution in [0.1, 0.15) is 32.2 Å². The Morgan fingerprint density at radius 1 is 1.17 bits per heavy atom. The van der Waals surface area contributed by atoms with E-state index in [9.17, 15) is 0 Å². The van der Waals surface area contributed by atoms with Crippen molar-refractivity contribution in [3.8, 4) is 11.4 Å². The topological polar surface area (TPSA) is 56.7 Å². The lowest BCUT2D eigenvalue weighted by molar-refractivity contribution is 0.386. The zero-order valence-corrected chi connectivity index (χ0v) is 11.4. The van der Waals surface area contributed by atoms with Crippen LogP contribution in [0.5, 0.6) is 0 Å². The predicted molar refractivity (Wildman–Crippen MR) is 73.1 cm³/mol. The molecule has 0 unspecified atom stereocenters. The van der Waals surface area contributed by atoms with Crippen molar-refractivity contribution in [2.45, 2.75) is 39.8 Å². The van der Waals surface area contributed by atoms with Crippen molar-refractivity contribution in [1.29, 1.82) is 0 Å². The van der Waals surface area contributed by atoms with Crippen molar-refractivity contribution < 1.29 is 0 Å². The first-order chi connectivity index (χ1) is 8.45. The minimum Gasteiger partial charge on any atom is -0.324 e. The lowest BCUT2D eigenvalue weighted by atomic mass is 10.0. The quantitative estimate of drug-likeness (QED) is 0.883. The van der Waals surface area contributed by atoms with Gasteiger partial charge in [-0.3, -0.25) is 0 Å². The highest BCUT2D eigenvalue weighted by Crippen LogP contribution is 2.27. The summed E-state index contributed by atoms with van der Waals surface area (Å²) >= 11 is 0. The molecule has 0 spiro atoms. The van der Waals surface area contributed by atoms with Crippen LogP contribution in [0.2, 0.25) is 0 Å². The largest absolute Gasteiger partial charge is 0.324 e. The summed E-state index contributed by atoms with van der Waals surface area (Å²) in [6.45, 7) is 8.89. The molecule has 0 bridgehead atoms. The molecule has 1 aromatic heterocycles. The van der Waals surface area contributed by atoms with Gasteiger partial charge in [-0.25, -0.2) is 0 Å². The van der Waals surface area contributed by atoms with E-state index >= 15 is 0 Å². The van der Waals surface area contributed by atoms with Crippen molar-refractivity contribution >= 4 is 0 Å². The second kappa shape index (κ2) is 4.53. The van der Waals surface area contributed by atoms with E-state index in [1.54, 1.807) is 0 Å². The molecule has 2 aromatic rings. The van der Waals surface area contributed by atoms with Crippen molar-refractivity contribution in [1.82, 2.24) is 14.8 Å². The Balaban J connectivity index is 2.66. The molecule has 0 fully saturated rings. The van der Waals surface area contributed by atoms with Crippen LogP contribution in [-0.2, 0) is 12.1 Å². The highest BCUT2D eigenvalue weighted by Gasteiger charge is 2.23. The van der Waals surface area contributed by atoms with E-state index in [-0.39, 0.29) is 5.54 Å². The Kier molecular flexibility index (Phi) is 3.22. The molecule has 0 aliphatic heterocycles. The van der Waals surface area contributed by atoms with Gasteiger partial charge in [-0.1, -0.05) is 24.3 Å². The van der Waals surface area contributed by atoms with Crippen LogP contribution in [0.25, 0.3) is 11.4 Å². The van der Waals surface area contributed by atoms with Gasteiger partial charge in [-0.2, -0.15) is 0 Å². The van der Waals surface area contributed by atoms with E-state index in [2.05, 4.69) is 54.6 Å². The molecule has 0 aliphatic rings. The molecule has 0 aliphatic carbocycles. The zero-order valence-electron chi connectivity index (χ0n) is 11.4. The first-order valence-corrected chi connectivity index (χ1v) is 6.16. The summed E-state index contributed by atoms with van der Waals surface area (Å²) in [5, 5.41) is 8.52. The Bertz CT molecular complexity index is 549. The number of benzene rings is 1. The molecule has 2 rings (SSSR count). The maximum Gasteiger partial charge on any atom is 0.164 e. The molecule has 0 atom stereocenters. The molecule has 0 saturated heterocycles. The fourth-order valence-electron chi connectivity index (χ4n) is 2.15. The van der Waals surface area contributed by atoms with Crippen LogP contribution in [-0.4, -0.2) is 14.8 Å². The highest BCUT2D eigenvalue weighted by atomic mass is 15.3. The van der Waals surface area contributed by atoms with E-state index in [4.69, 9.17) is 5.73 Å². The van der Waals surface area contributed by atoms with Crippen molar-refractivity contribution in [2.75, 3.05) is 0 Å². The molecule has 4 heteroatoms. The molecule has 96 valence electrons. The standard InChI is InChI=1S/C14H20N4/c1-10-7-5-6-8-11(10)13-17-16-12(9-15)18(13)14(2,3)4/h5-8H,9,15H2,1-4H3. The van der Waals surface area contributed by atoms with E-state index in [0.717, 1.165) is 17.2 Å². The van der Waals surface area contributed by atoms with Gasteiger partial charge in [0.2, 0.25) is 0 Å². The maximum atomic E-state index is 5.75. The third-order valence-electron chi connectivity index (χ3n) is 2.97. The highest BCUT2D eigenvalue weighted by molar-refractivity contribution is 5.60. The summed E-state index contributed by atoms with van der Waals surface area (Å²) in [6, 6.07) is 8.20. The first kappa shape index (κ1) is 12.8. The lowest BCUT2D eigenvalue weighted by Crippen LogP contribution is -2.26. The fraction of sp³-hybridized carbons (Fsp3) is 0.429. The Hall–Kier alpha value is -1.68. The second-order valence-corrected chi connectivity index (χ2v) is 5.47. The van der Waals surface area contributed by atoms with Crippen LogP contribution < -0.4 is 5.73 Å². The summed E-state index contributed by atoms with van der Waals surface area (Å²) in [5.41, 5.74) is 7.97. The molecule has 2 N–H and O–H groups in total. The zero-order chi connectivity index (χ0) is 13.3. The predicted octanol–water partition coefficient (Wildman–Crippen LogP) is 2.47. The normalized spacial score (nSPS) is 11.8. The summed E-state index contributed by atoms with van der Waals surface area (Å²) < 4.78 is 2.12. The third kappa shape index (κ3) is 2.16. The summed E-state index contributed by atoms with van der Waals surface area (Å²) in [6.07, 6.45) is 0. The molecule has 0 saturated carbocycles. The SMILES string of the molecule is Cc1ccccc1-c1nnc(CN)n1C(C)(C)C. The minimum atomic E-state index is -0.0875. The fourth-order valence-corrected chi connectivity index (χ4v) is 2.15. The summed E-state index contributed by atoms with van der Waals surface area (Å²) in [5.74, 6) is 1.71. The Morgan fingerprint density at radius 3 is 2.39 bits per heavy atom. The van der Waals surface area contributed by atoms with Crippen LogP contribution >= 0.6 is 0 Å². The van der Waals surface area contributed by atoms with Crippen LogP contribution in [0.3, 0.4) is 0 Å². The van der Waals surface area contributed by atoms with E-state index < -0.39 is 0 Å². The van der Waals surface area contributed by atoms with E-state index in [1.165, 1.54) is 5.56 Å². The van der Waals surface area contributed by atoms with Crippen LogP contribution in [0, 0.1) is 6.92 Å². The second-order valence-electron chi connectivity index (χ2n) is 5.47. The average Bonchev–Trinajstić information content (AvgIpc) is 2.73. The Morgan fingerprint density at radius 2 is 1.83 bits per heavy atom. The molecule has 4 nitrogen and oxygen atoms in total. The molecule has 18 heavy (non-hydrogen) atoms. The number of hydrogen-bond acceptors (Lipinski definition) is 3. The minimum absolute atomic E-state index is 0.0875. The Labute approximate surface area is 108 Å². The number of rotatable bonds is 2. The molecule has 1 aromatic carbocycles. The number of aryl methyl sites for hydroxylation is 1. The molecule has 0 radical (unpaired) electrons. The first-order valence-electron chi connectivity index (χ1n) is 6.16. The van der Waals surface area contributed by atoms with Gasteiger partial charge in [0.25, 0.3) is 0 Å². The van der Waals surface area contributed by atoms with E-state index in [1.807, 2.05) is 12.1 Å². The molecular weight excluding hydrogens is 224 g/mol. The third-order valence-corrected chi connectivity index (χ3v) is 2.97.